The maximum atomic E-state index is 13.0. The minimum absolute atomic E-state index is 0.234. The lowest BCUT2D eigenvalue weighted by Gasteiger charge is -2.40. The molecular formula is C56H89NO8. The standard InChI is InChI=1S/C56H89NO8/c1-3-5-7-9-11-13-15-17-19-20-21-22-23-24-25-26-27-28-29-30-32-34-36-38-40-42-44-46-52(60)57-49(48-64-56-55(63)54(62)53(61)51(47-58)65-56)50(59)45-43-41-39-37-35-33-31-18-16-14-12-10-8-6-4-2/h5,7,11,13,16-19,21-22,24-25,27-28,30,32,35-38,43,45,49-51,53-56,58-59,61-63H,3-4,6,8-10,12,14-15,20,23,26,29,31,33-34,39-42,44,46-48H2,1-2H3,(H,57,60)/b7-5-,13-11-,18-16+,19-17-,22-21-,25-24-,28-27-,32-30-,37-35+,38-36-,45-43+. The zero-order valence-electron chi connectivity index (χ0n) is 40.2. The van der Waals surface area contributed by atoms with E-state index < -0.39 is 49.5 Å². The van der Waals surface area contributed by atoms with Gasteiger partial charge in [-0.25, -0.2) is 0 Å². The Morgan fingerprint density at radius 2 is 0.969 bits per heavy atom. The number of aliphatic hydroxyl groups is 5. The summed E-state index contributed by atoms with van der Waals surface area (Å²) in [5, 5.41) is 54.2. The molecule has 6 N–H and O–H groups in total. The third-order valence-electron chi connectivity index (χ3n) is 10.7. The molecule has 9 heteroatoms. The summed E-state index contributed by atoms with van der Waals surface area (Å²) in [6.07, 6.45) is 60.7. The molecule has 1 saturated heterocycles. The topological polar surface area (TPSA) is 149 Å². The summed E-state index contributed by atoms with van der Waals surface area (Å²) in [7, 11) is 0. The zero-order chi connectivity index (χ0) is 47.3. The van der Waals surface area contributed by atoms with Gasteiger partial charge in [0.25, 0.3) is 0 Å². The van der Waals surface area contributed by atoms with Crippen molar-refractivity contribution in [2.24, 2.45) is 0 Å². The molecule has 0 bridgehead atoms. The van der Waals surface area contributed by atoms with E-state index in [2.05, 4.69) is 141 Å². The van der Waals surface area contributed by atoms with Crippen molar-refractivity contribution in [3.8, 4) is 0 Å². The second-order valence-corrected chi connectivity index (χ2v) is 16.5. The summed E-state index contributed by atoms with van der Waals surface area (Å²) >= 11 is 0. The second kappa shape index (κ2) is 44.2. The highest BCUT2D eigenvalue weighted by atomic mass is 16.7. The van der Waals surface area contributed by atoms with Crippen molar-refractivity contribution in [3.05, 3.63) is 134 Å². The Morgan fingerprint density at radius 3 is 1.46 bits per heavy atom. The highest BCUT2D eigenvalue weighted by Crippen LogP contribution is 2.22. The molecular weight excluding hydrogens is 815 g/mol. The Bertz CT molecular complexity index is 1470. The van der Waals surface area contributed by atoms with Crippen LogP contribution in [-0.4, -0.2) is 87.5 Å². The summed E-state index contributed by atoms with van der Waals surface area (Å²) < 4.78 is 11.2. The van der Waals surface area contributed by atoms with E-state index >= 15 is 0 Å². The fourth-order valence-electron chi connectivity index (χ4n) is 6.73. The van der Waals surface area contributed by atoms with Crippen molar-refractivity contribution in [2.75, 3.05) is 13.2 Å². The van der Waals surface area contributed by atoms with Crippen LogP contribution in [0.2, 0.25) is 0 Å². The molecule has 1 aliphatic rings. The first-order valence-corrected chi connectivity index (χ1v) is 24.9. The first-order chi connectivity index (χ1) is 31.8. The van der Waals surface area contributed by atoms with Crippen LogP contribution in [-0.2, 0) is 14.3 Å². The van der Waals surface area contributed by atoms with Crippen molar-refractivity contribution in [3.63, 3.8) is 0 Å². The minimum Gasteiger partial charge on any atom is -0.394 e. The van der Waals surface area contributed by atoms with Crippen molar-refractivity contribution in [2.45, 2.75) is 198 Å². The van der Waals surface area contributed by atoms with E-state index in [1.54, 1.807) is 6.08 Å². The molecule has 1 rings (SSSR count). The molecule has 0 aromatic rings. The van der Waals surface area contributed by atoms with Gasteiger partial charge >= 0.3 is 0 Å². The number of nitrogens with one attached hydrogen (secondary N) is 1. The predicted molar refractivity (Wildman–Crippen MR) is 271 cm³/mol. The maximum Gasteiger partial charge on any atom is 0.220 e. The molecule has 0 saturated carbocycles. The van der Waals surface area contributed by atoms with Gasteiger partial charge in [0.05, 0.1) is 25.4 Å². The molecule has 9 nitrogen and oxygen atoms in total. The lowest BCUT2D eigenvalue weighted by molar-refractivity contribution is -0.302. The van der Waals surface area contributed by atoms with Gasteiger partial charge in [0.15, 0.2) is 6.29 Å². The van der Waals surface area contributed by atoms with Crippen LogP contribution in [0.3, 0.4) is 0 Å². The van der Waals surface area contributed by atoms with E-state index in [9.17, 15) is 30.3 Å². The SMILES string of the molecule is CC/C=C\C/C=C\C/C=C\C/C=C\C/C=C\C/C=C\C/C=C\C/C=C\CCCCC(=O)NC(COC1OC(CO)C(O)C(O)C1O)C(O)/C=C/CC/C=C/CC/C=C/CCCCCCC. The number of hydrogen-bond donors (Lipinski definition) is 6. The Kier molecular flexibility index (Phi) is 40.3. The van der Waals surface area contributed by atoms with E-state index in [4.69, 9.17) is 9.47 Å². The lowest BCUT2D eigenvalue weighted by Crippen LogP contribution is -2.60. The molecule has 1 amide bonds. The molecule has 0 spiro atoms. The number of rotatable bonds is 39. The lowest BCUT2D eigenvalue weighted by atomic mass is 9.99. The van der Waals surface area contributed by atoms with Gasteiger partial charge in [-0.3, -0.25) is 4.79 Å². The van der Waals surface area contributed by atoms with Crippen LogP contribution in [0.25, 0.3) is 0 Å². The Morgan fingerprint density at radius 1 is 0.538 bits per heavy atom. The van der Waals surface area contributed by atoms with Crippen LogP contribution in [0.4, 0.5) is 0 Å². The molecule has 1 aliphatic heterocycles. The first kappa shape index (κ1) is 59.3. The molecule has 0 radical (unpaired) electrons. The normalized spacial score (nSPS) is 21.1. The molecule has 65 heavy (non-hydrogen) atoms. The summed E-state index contributed by atoms with van der Waals surface area (Å²) in [5.74, 6) is -0.241. The molecule has 1 heterocycles. The Labute approximate surface area is 394 Å². The zero-order valence-corrected chi connectivity index (χ0v) is 40.2. The summed E-state index contributed by atoms with van der Waals surface area (Å²) in [5.41, 5.74) is 0. The summed E-state index contributed by atoms with van der Waals surface area (Å²) in [4.78, 5) is 13.0. The Hall–Kier alpha value is -3.67. The number of carbonyl (C=O) groups is 1. The van der Waals surface area contributed by atoms with E-state index in [0.717, 1.165) is 89.9 Å². The van der Waals surface area contributed by atoms with Gasteiger partial charge < -0.3 is 40.3 Å². The highest BCUT2D eigenvalue weighted by Gasteiger charge is 2.44. The van der Waals surface area contributed by atoms with Crippen LogP contribution in [0, 0.1) is 0 Å². The fraction of sp³-hybridized carbons (Fsp3) is 0.589. The molecule has 7 unspecified atom stereocenters. The van der Waals surface area contributed by atoms with Gasteiger partial charge in [0, 0.05) is 6.42 Å². The van der Waals surface area contributed by atoms with Crippen LogP contribution in [0.1, 0.15) is 155 Å². The quantitative estimate of drug-likeness (QED) is 0.0264. The number of unbranched alkanes of at least 4 members (excludes halogenated alkanes) is 9. The number of ether oxygens (including phenoxy) is 2. The number of aliphatic hydroxyl groups excluding tert-OH is 5. The average molecular weight is 904 g/mol. The smallest absolute Gasteiger partial charge is 0.220 e. The van der Waals surface area contributed by atoms with Crippen LogP contribution >= 0.6 is 0 Å². The third-order valence-corrected chi connectivity index (χ3v) is 10.7. The van der Waals surface area contributed by atoms with Crippen LogP contribution in [0.15, 0.2) is 134 Å². The average Bonchev–Trinajstić information content (AvgIpc) is 3.31. The first-order valence-electron chi connectivity index (χ1n) is 24.9. The van der Waals surface area contributed by atoms with Gasteiger partial charge in [0.2, 0.25) is 5.91 Å². The minimum atomic E-state index is -1.59. The van der Waals surface area contributed by atoms with Crippen molar-refractivity contribution >= 4 is 5.91 Å². The van der Waals surface area contributed by atoms with E-state index in [1.807, 2.05) is 6.08 Å². The third kappa shape index (κ3) is 34.3. The highest BCUT2D eigenvalue weighted by molar-refractivity contribution is 5.76. The maximum absolute atomic E-state index is 13.0. The Balaban J connectivity index is 2.38. The number of carbonyl (C=O) groups excluding carboxylic acids is 1. The van der Waals surface area contributed by atoms with Crippen molar-refractivity contribution < 1.29 is 39.8 Å². The number of hydrogen-bond acceptors (Lipinski definition) is 8. The largest absolute Gasteiger partial charge is 0.394 e. The van der Waals surface area contributed by atoms with Crippen molar-refractivity contribution in [1.29, 1.82) is 0 Å². The molecule has 366 valence electrons. The van der Waals surface area contributed by atoms with E-state index in [1.165, 1.54) is 32.1 Å². The fourth-order valence-corrected chi connectivity index (χ4v) is 6.73. The van der Waals surface area contributed by atoms with Crippen molar-refractivity contribution in [1.82, 2.24) is 5.32 Å². The van der Waals surface area contributed by atoms with Gasteiger partial charge in [-0.2, -0.15) is 0 Å². The van der Waals surface area contributed by atoms with Crippen LogP contribution < -0.4 is 5.32 Å². The number of allylic oxidation sites excluding steroid dienone is 21. The summed E-state index contributed by atoms with van der Waals surface area (Å²) in [6.45, 7) is 3.57. The molecule has 0 aromatic heterocycles. The number of amides is 1. The predicted octanol–water partition coefficient (Wildman–Crippen LogP) is 11.4. The van der Waals surface area contributed by atoms with E-state index in [-0.39, 0.29) is 18.9 Å². The molecule has 1 fully saturated rings. The van der Waals surface area contributed by atoms with Crippen LogP contribution in [0.5, 0.6) is 0 Å². The van der Waals surface area contributed by atoms with E-state index in [0.29, 0.717) is 12.8 Å². The monoisotopic (exact) mass is 904 g/mol. The van der Waals surface area contributed by atoms with Gasteiger partial charge in [-0.05, 0) is 109 Å². The van der Waals surface area contributed by atoms with Gasteiger partial charge in [-0.1, -0.05) is 173 Å². The molecule has 0 aliphatic carbocycles. The summed E-state index contributed by atoms with van der Waals surface area (Å²) in [6, 6.07) is -0.861. The second-order valence-electron chi connectivity index (χ2n) is 16.5. The van der Waals surface area contributed by atoms with Gasteiger partial charge in [-0.15, -0.1) is 0 Å². The molecule has 7 atom stereocenters. The van der Waals surface area contributed by atoms with Gasteiger partial charge in [0.1, 0.15) is 24.4 Å². The molecule has 0 aromatic carbocycles.